The molecule has 0 aromatic heterocycles. The summed E-state index contributed by atoms with van der Waals surface area (Å²) in [4.78, 5) is 12.8. The molecule has 114 valence electrons. The normalized spacial score (nSPS) is 30.9. The maximum atomic E-state index is 12.8. The van der Waals surface area contributed by atoms with Crippen LogP contribution in [0.25, 0.3) is 0 Å². The summed E-state index contributed by atoms with van der Waals surface area (Å²) >= 11 is 0. The summed E-state index contributed by atoms with van der Waals surface area (Å²) in [7, 11) is -2.98. The van der Waals surface area contributed by atoms with E-state index >= 15 is 0 Å². The number of ketones is 1. The van der Waals surface area contributed by atoms with Crippen LogP contribution >= 0.6 is 0 Å². The van der Waals surface area contributed by atoms with Gasteiger partial charge in [0, 0.05) is 11.5 Å². The summed E-state index contributed by atoms with van der Waals surface area (Å²) in [5.74, 6) is 0.0207. The molecule has 2 atom stereocenters. The number of sulfone groups is 1. The molecule has 0 aliphatic carbocycles. The molecule has 3 nitrogen and oxygen atoms in total. The third kappa shape index (κ3) is 2.44. The first-order chi connectivity index (χ1) is 9.91. The second-order valence-corrected chi connectivity index (χ2v) is 9.06. The number of carbonyl (C=O) groups is 1. The van der Waals surface area contributed by atoms with E-state index in [2.05, 4.69) is 0 Å². The van der Waals surface area contributed by atoms with Crippen molar-refractivity contribution in [1.29, 1.82) is 0 Å². The second-order valence-electron chi connectivity index (χ2n) is 6.54. The average Bonchev–Trinajstić information content (AvgIpc) is 2.40. The molecule has 0 radical (unpaired) electrons. The van der Waals surface area contributed by atoms with Crippen LogP contribution in [-0.4, -0.2) is 24.7 Å². The first-order valence-corrected chi connectivity index (χ1v) is 9.35. The van der Waals surface area contributed by atoms with Crippen LogP contribution in [0.5, 0.6) is 0 Å². The highest BCUT2D eigenvalue weighted by atomic mass is 32.2. The quantitative estimate of drug-likeness (QED) is 0.788. The molecule has 2 saturated heterocycles. The van der Waals surface area contributed by atoms with Gasteiger partial charge in [-0.25, -0.2) is 8.42 Å². The van der Waals surface area contributed by atoms with E-state index in [1.54, 1.807) is 0 Å². The Morgan fingerprint density at radius 3 is 2.33 bits per heavy atom. The van der Waals surface area contributed by atoms with Gasteiger partial charge in [-0.05, 0) is 50.7 Å². The van der Waals surface area contributed by atoms with Crippen LogP contribution in [0, 0.1) is 19.8 Å². The molecule has 2 aliphatic rings. The fourth-order valence-corrected chi connectivity index (χ4v) is 6.40. The Morgan fingerprint density at radius 2 is 1.71 bits per heavy atom. The highest BCUT2D eigenvalue weighted by molar-refractivity contribution is 7.92. The minimum absolute atomic E-state index is 0.121. The minimum atomic E-state index is -2.98. The first kappa shape index (κ1) is 14.8. The summed E-state index contributed by atoms with van der Waals surface area (Å²) in [5, 5.41) is -0.576. The molecule has 1 aromatic rings. The lowest BCUT2D eigenvalue weighted by molar-refractivity contribution is 0.0893. The lowest BCUT2D eigenvalue weighted by Gasteiger charge is -2.38. The lowest BCUT2D eigenvalue weighted by atomic mass is 9.83. The maximum absolute atomic E-state index is 12.8. The van der Waals surface area contributed by atoms with Crippen LogP contribution in [-0.2, 0) is 9.84 Å². The van der Waals surface area contributed by atoms with Gasteiger partial charge in [0.05, 0.1) is 10.5 Å². The van der Waals surface area contributed by atoms with Crippen LogP contribution in [0.1, 0.15) is 53.6 Å². The lowest BCUT2D eigenvalue weighted by Crippen LogP contribution is -2.45. The predicted molar refractivity (Wildman–Crippen MR) is 83.3 cm³/mol. The highest BCUT2D eigenvalue weighted by Crippen LogP contribution is 2.40. The van der Waals surface area contributed by atoms with Gasteiger partial charge in [-0.2, -0.15) is 0 Å². The van der Waals surface area contributed by atoms with Crippen LogP contribution in [0.3, 0.4) is 0 Å². The van der Waals surface area contributed by atoms with E-state index < -0.39 is 9.84 Å². The Bertz CT molecular complexity index is 655. The van der Waals surface area contributed by atoms with Gasteiger partial charge in [0.1, 0.15) is 0 Å². The fourth-order valence-electron chi connectivity index (χ4n) is 3.86. The Kier molecular flexibility index (Phi) is 3.68. The van der Waals surface area contributed by atoms with Crippen molar-refractivity contribution in [2.24, 2.45) is 5.92 Å². The van der Waals surface area contributed by atoms with E-state index in [1.807, 2.05) is 32.0 Å². The van der Waals surface area contributed by atoms with Crippen molar-refractivity contribution < 1.29 is 13.2 Å². The summed E-state index contributed by atoms with van der Waals surface area (Å²) < 4.78 is 24.6. The Morgan fingerprint density at radius 1 is 1.10 bits per heavy atom. The van der Waals surface area contributed by atoms with Crippen molar-refractivity contribution in [3.63, 3.8) is 0 Å². The van der Waals surface area contributed by atoms with Crippen LogP contribution in [0.2, 0.25) is 0 Å². The second kappa shape index (κ2) is 5.24. The number of hydrogen-bond donors (Lipinski definition) is 0. The summed E-state index contributed by atoms with van der Waals surface area (Å²) in [6, 6.07) is 5.80. The van der Waals surface area contributed by atoms with E-state index in [0.717, 1.165) is 36.0 Å². The molecular formula is C17H22O3S. The van der Waals surface area contributed by atoms with E-state index in [-0.39, 0.29) is 22.2 Å². The van der Waals surface area contributed by atoms with Gasteiger partial charge in [-0.15, -0.1) is 0 Å². The largest absolute Gasteiger partial charge is 0.294 e. The zero-order chi connectivity index (χ0) is 15.2. The van der Waals surface area contributed by atoms with Crippen molar-refractivity contribution >= 4 is 15.6 Å². The summed E-state index contributed by atoms with van der Waals surface area (Å²) in [5.41, 5.74) is 2.92. The standard InChI is InChI=1S/C17H22O3S/c1-11-5-3-8-16(12(11)2)17(18)13-9-14-6-4-7-15(10-13)21(14,19)20/h3,5,8,13-15H,4,6-7,9-10H2,1-2H3. The van der Waals surface area contributed by atoms with Crippen molar-refractivity contribution in [3.05, 3.63) is 34.9 Å². The molecule has 4 heteroatoms. The van der Waals surface area contributed by atoms with Gasteiger partial charge < -0.3 is 0 Å². The zero-order valence-electron chi connectivity index (χ0n) is 12.6. The SMILES string of the molecule is Cc1cccc(C(=O)C2CC3CCCC(C2)S3(=O)=O)c1C. The number of hydrogen-bond acceptors (Lipinski definition) is 3. The molecule has 3 rings (SSSR count). The zero-order valence-corrected chi connectivity index (χ0v) is 13.4. The molecule has 2 fully saturated rings. The van der Waals surface area contributed by atoms with E-state index in [4.69, 9.17) is 0 Å². The topological polar surface area (TPSA) is 51.2 Å². The van der Waals surface area contributed by atoms with E-state index in [9.17, 15) is 13.2 Å². The van der Waals surface area contributed by atoms with Gasteiger partial charge in [0.25, 0.3) is 0 Å². The van der Waals surface area contributed by atoms with E-state index in [0.29, 0.717) is 12.8 Å². The van der Waals surface area contributed by atoms with Gasteiger partial charge >= 0.3 is 0 Å². The number of rotatable bonds is 2. The fraction of sp³-hybridized carbons (Fsp3) is 0.588. The van der Waals surface area contributed by atoms with Crippen molar-refractivity contribution in [2.45, 2.75) is 56.5 Å². The Balaban J connectivity index is 1.89. The molecule has 2 aliphatic heterocycles. The van der Waals surface area contributed by atoms with Crippen LogP contribution < -0.4 is 0 Å². The number of Topliss-reactive ketones (excluding diaryl/α,β-unsaturated/α-hetero) is 1. The maximum Gasteiger partial charge on any atom is 0.166 e. The molecule has 0 N–H and O–H groups in total. The summed E-state index contributed by atoms with van der Waals surface area (Å²) in [6.45, 7) is 3.98. The predicted octanol–water partition coefficient (Wildman–Crippen LogP) is 3.23. The monoisotopic (exact) mass is 306 g/mol. The number of fused-ring (bicyclic) bond motifs is 2. The Hall–Kier alpha value is -1.16. The van der Waals surface area contributed by atoms with Crippen LogP contribution in [0.15, 0.2) is 18.2 Å². The molecule has 2 unspecified atom stereocenters. The smallest absolute Gasteiger partial charge is 0.166 e. The highest BCUT2D eigenvalue weighted by Gasteiger charge is 2.46. The Labute approximate surface area is 126 Å². The van der Waals surface area contributed by atoms with Crippen molar-refractivity contribution in [3.8, 4) is 0 Å². The van der Waals surface area contributed by atoms with Gasteiger partial charge in [-0.1, -0.05) is 24.6 Å². The third-order valence-corrected chi connectivity index (χ3v) is 8.03. The van der Waals surface area contributed by atoms with Crippen molar-refractivity contribution in [1.82, 2.24) is 0 Å². The number of carbonyl (C=O) groups excluding carboxylic acids is 1. The van der Waals surface area contributed by atoms with Gasteiger partial charge in [0.2, 0.25) is 0 Å². The summed E-state index contributed by atoms with van der Waals surface area (Å²) in [6.07, 6.45) is 3.49. The molecule has 0 amide bonds. The molecule has 2 bridgehead atoms. The number of aryl methyl sites for hydroxylation is 1. The number of benzene rings is 1. The minimum Gasteiger partial charge on any atom is -0.294 e. The van der Waals surface area contributed by atoms with Crippen LogP contribution in [0.4, 0.5) is 0 Å². The van der Waals surface area contributed by atoms with Crippen molar-refractivity contribution in [2.75, 3.05) is 0 Å². The van der Waals surface area contributed by atoms with Gasteiger partial charge in [0.15, 0.2) is 15.6 Å². The average molecular weight is 306 g/mol. The molecule has 0 saturated carbocycles. The molecular weight excluding hydrogens is 284 g/mol. The third-order valence-electron chi connectivity index (χ3n) is 5.32. The molecule has 0 spiro atoms. The van der Waals surface area contributed by atoms with Gasteiger partial charge in [-0.3, -0.25) is 4.79 Å². The molecule has 1 aromatic carbocycles. The molecule has 2 heterocycles. The first-order valence-electron chi connectivity index (χ1n) is 7.74. The van der Waals surface area contributed by atoms with E-state index in [1.165, 1.54) is 0 Å². The molecule has 21 heavy (non-hydrogen) atoms.